The molecule has 0 bridgehead atoms. The molecule has 0 aliphatic carbocycles. The van der Waals surface area contributed by atoms with Gasteiger partial charge in [-0.3, -0.25) is 5.10 Å². The van der Waals surface area contributed by atoms with Gasteiger partial charge in [0.05, 0.1) is 5.69 Å². The average molecular weight is 265 g/mol. The van der Waals surface area contributed by atoms with Gasteiger partial charge >= 0.3 is 0 Å². The van der Waals surface area contributed by atoms with Gasteiger partial charge in [0.1, 0.15) is 0 Å². The third-order valence-electron chi connectivity index (χ3n) is 2.37. The summed E-state index contributed by atoms with van der Waals surface area (Å²) in [7, 11) is 0. The predicted molar refractivity (Wildman–Crippen MR) is 64.9 cm³/mol. The molecule has 1 N–H and O–H groups in total. The van der Waals surface area contributed by atoms with Gasteiger partial charge < -0.3 is 0 Å². The fourth-order valence-electron chi connectivity index (χ4n) is 1.57. The number of nitrogens with zero attached hydrogens (tertiary/aromatic N) is 1. The Labute approximate surface area is 97.8 Å². The van der Waals surface area contributed by atoms with Crippen molar-refractivity contribution in [2.24, 2.45) is 0 Å². The topological polar surface area (TPSA) is 28.7 Å². The monoisotopic (exact) mass is 264 g/mol. The van der Waals surface area contributed by atoms with Crippen LogP contribution in [0, 0.1) is 6.92 Å². The number of benzene rings is 1. The fraction of sp³-hybridized carbons (Fsp3) is 0.250. The van der Waals surface area contributed by atoms with E-state index in [0.29, 0.717) is 0 Å². The van der Waals surface area contributed by atoms with Crippen LogP contribution in [0.3, 0.4) is 0 Å². The number of nitrogens with one attached hydrogen (secondary N) is 1. The van der Waals surface area contributed by atoms with Crippen molar-refractivity contribution in [3.05, 3.63) is 51.8 Å². The zero-order chi connectivity index (χ0) is 10.7. The normalized spacial score (nSPS) is 10.5. The van der Waals surface area contributed by atoms with E-state index >= 15 is 0 Å². The molecule has 1 heterocycles. The minimum atomic E-state index is 0.979. The minimum Gasteiger partial charge on any atom is -0.283 e. The number of hydrogen-bond donors (Lipinski definition) is 1. The first kappa shape index (κ1) is 10.4. The molecule has 0 saturated carbocycles. The smallest absolute Gasteiger partial charge is 0.0628 e. The summed E-state index contributed by atoms with van der Waals surface area (Å²) in [6.07, 6.45) is 2.00. The third kappa shape index (κ3) is 2.69. The van der Waals surface area contributed by atoms with Crippen LogP contribution in [0.15, 0.2) is 34.8 Å². The molecule has 0 aliphatic heterocycles. The quantitative estimate of drug-likeness (QED) is 0.906. The summed E-state index contributed by atoms with van der Waals surface area (Å²) in [4.78, 5) is 0. The van der Waals surface area contributed by atoms with E-state index in [4.69, 9.17) is 0 Å². The maximum Gasteiger partial charge on any atom is 0.0628 e. The molecule has 0 unspecified atom stereocenters. The van der Waals surface area contributed by atoms with Crippen LogP contribution in [0.25, 0.3) is 0 Å². The van der Waals surface area contributed by atoms with Crippen molar-refractivity contribution in [1.29, 1.82) is 0 Å². The number of aromatic nitrogens is 2. The molecule has 1 aromatic heterocycles. The molecule has 2 aromatic rings. The van der Waals surface area contributed by atoms with Gasteiger partial charge in [-0.1, -0.05) is 34.1 Å². The van der Waals surface area contributed by atoms with E-state index in [2.05, 4.69) is 50.4 Å². The Bertz CT molecular complexity index is 448. The summed E-state index contributed by atoms with van der Waals surface area (Å²) in [6, 6.07) is 10.4. The average Bonchev–Trinajstić information content (AvgIpc) is 2.63. The highest BCUT2D eigenvalue weighted by atomic mass is 79.9. The lowest BCUT2D eigenvalue weighted by Crippen LogP contribution is -1.92. The molecule has 0 saturated heterocycles. The Morgan fingerprint density at radius 3 is 2.73 bits per heavy atom. The van der Waals surface area contributed by atoms with Gasteiger partial charge in [0.2, 0.25) is 0 Å². The summed E-state index contributed by atoms with van der Waals surface area (Å²) in [5.74, 6) is 0. The molecule has 1 aromatic carbocycles. The van der Waals surface area contributed by atoms with E-state index in [1.807, 2.05) is 13.0 Å². The molecule has 2 nitrogen and oxygen atoms in total. The summed E-state index contributed by atoms with van der Waals surface area (Å²) < 4.78 is 1.18. The molecule has 0 spiro atoms. The summed E-state index contributed by atoms with van der Waals surface area (Å²) in [5, 5.41) is 7.18. The van der Waals surface area contributed by atoms with Crippen LogP contribution in [0.4, 0.5) is 0 Å². The first-order chi connectivity index (χ1) is 7.25. The fourth-order valence-corrected chi connectivity index (χ4v) is 2.05. The number of aryl methyl sites for hydroxylation is 3. The molecule has 15 heavy (non-hydrogen) atoms. The first-order valence-electron chi connectivity index (χ1n) is 5.00. The molecule has 0 fully saturated rings. The van der Waals surface area contributed by atoms with E-state index in [0.717, 1.165) is 24.2 Å². The Morgan fingerprint density at radius 2 is 2.07 bits per heavy atom. The van der Waals surface area contributed by atoms with Crippen molar-refractivity contribution in [2.45, 2.75) is 19.8 Å². The van der Waals surface area contributed by atoms with Crippen molar-refractivity contribution in [3.8, 4) is 0 Å². The van der Waals surface area contributed by atoms with Crippen LogP contribution >= 0.6 is 15.9 Å². The highest BCUT2D eigenvalue weighted by Gasteiger charge is 2.01. The number of H-pyrrole nitrogens is 1. The third-order valence-corrected chi connectivity index (χ3v) is 3.14. The highest BCUT2D eigenvalue weighted by molar-refractivity contribution is 9.10. The number of halogens is 1. The van der Waals surface area contributed by atoms with Gasteiger partial charge in [-0.25, -0.2) is 0 Å². The van der Waals surface area contributed by atoms with E-state index in [1.165, 1.54) is 10.0 Å². The number of hydrogen-bond acceptors (Lipinski definition) is 1. The zero-order valence-electron chi connectivity index (χ0n) is 8.63. The maximum atomic E-state index is 4.22. The second-order valence-corrected chi connectivity index (χ2v) is 4.49. The largest absolute Gasteiger partial charge is 0.283 e. The maximum absolute atomic E-state index is 4.22. The highest BCUT2D eigenvalue weighted by Crippen LogP contribution is 2.17. The van der Waals surface area contributed by atoms with Crippen molar-refractivity contribution >= 4 is 15.9 Å². The van der Waals surface area contributed by atoms with Crippen molar-refractivity contribution in [3.63, 3.8) is 0 Å². The van der Waals surface area contributed by atoms with Crippen molar-refractivity contribution in [2.75, 3.05) is 0 Å². The molecular weight excluding hydrogens is 252 g/mol. The summed E-state index contributed by atoms with van der Waals surface area (Å²) in [5.41, 5.74) is 3.58. The Morgan fingerprint density at radius 1 is 1.27 bits per heavy atom. The van der Waals surface area contributed by atoms with Gasteiger partial charge in [0, 0.05) is 10.2 Å². The van der Waals surface area contributed by atoms with E-state index in [1.54, 1.807) is 0 Å². The molecule has 0 aliphatic rings. The first-order valence-corrected chi connectivity index (χ1v) is 5.79. The van der Waals surface area contributed by atoms with Crippen LogP contribution in [0.5, 0.6) is 0 Å². The molecular formula is C12H13BrN2. The predicted octanol–water partition coefficient (Wildman–Crippen LogP) is 3.27. The second-order valence-electron chi connectivity index (χ2n) is 3.63. The SMILES string of the molecule is Cc1cc(CCc2ccccc2Br)n[nH]1. The van der Waals surface area contributed by atoms with Gasteiger partial charge in [0.25, 0.3) is 0 Å². The molecule has 0 atom stereocenters. The lowest BCUT2D eigenvalue weighted by Gasteiger charge is -2.01. The molecule has 0 radical (unpaired) electrons. The summed E-state index contributed by atoms with van der Waals surface area (Å²) in [6.45, 7) is 2.02. The number of aromatic amines is 1. The standard InChI is InChI=1S/C12H13BrN2/c1-9-8-11(15-14-9)7-6-10-4-2-3-5-12(10)13/h2-5,8H,6-7H2,1H3,(H,14,15). The van der Waals surface area contributed by atoms with Gasteiger partial charge in [0.15, 0.2) is 0 Å². The Kier molecular flexibility index (Phi) is 3.21. The zero-order valence-corrected chi connectivity index (χ0v) is 10.2. The van der Waals surface area contributed by atoms with Gasteiger partial charge in [-0.05, 0) is 37.5 Å². The van der Waals surface area contributed by atoms with Gasteiger partial charge in [-0.2, -0.15) is 5.10 Å². The second kappa shape index (κ2) is 4.62. The summed E-state index contributed by atoms with van der Waals surface area (Å²) >= 11 is 3.55. The molecule has 2 rings (SSSR count). The lowest BCUT2D eigenvalue weighted by molar-refractivity contribution is 0.887. The molecule has 78 valence electrons. The van der Waals surface area contributed by atoms with E-state index in [-0.39, 0.29) is 0 Å². The van der Waals surface area contributed by atoms with Crippen LogP contribution in [-0.2, 0) is 12.8 Å². The minimum absolute atomic E-state index is 0.979. The van der Waals surface area contributed by atoms with Crippen LogP contribution in [-0.4, -0.2) is 10.2 Å². The van der Waals surface area contributed by atoms with E-state index < -0.39 is 0 Å². The molecule has 3 heteroatoms. The van der Waals surface area contributed by atoms with Crippen molar-refractivity contribution in [1.82, 2.24) is 10.2 Å². The Balaban J connectivity index is 2.02. The van der Waals surface area contributed by atoms with Gasteiger partial charge in [-0.15, -0.1) is 0 Å². The van der Waals surface area contributed by atoms with E-state index in [9.17, 15) is 0 Å². The van der Waals surface area contributed by atoms with Crippen LogP contribution in [0.1, 0.15) is 17.0 Å². The van der Waals surface area contributed by atoms with Crippen molar-refractivity contribution < 1.29 is 0 Å². The molecule has 0 amide bonds. The number of rotatable bonds is 3. The van der Waals surface area contributed by atoms with Crippen LogP contribution in [0.2, 0.25) is 0 Å². The van der Waals surface area contributed by atoms with Crippen LogP contribution < -0.4 is 0 Å². The Hall–Kier alpha value is -1.09. The lowest BCUT2D eigenvalue weighted by atomic mass is 10.1.